The van der Waals surface area contributed by atoms with Gasteiger partial charge in [0, 0.05) is 30.3 Å². The van der Waals surface area contributed by atoms with Gasteiger partial charge in [0.2, 0.25) is 16.9 Å². The number of amides is 2. The van der Waals surface area contributed by atoms with Crippen molar-refractivity contribution in [2.45, 2.75) is 37.3 Å². The maximum absolute atomic E-state index is 13.2. The molecule has 1 spiro atoms. The van der Waals surface area contributed by atoms with Gasteiger partial charge in [-0.3, -0.25) is 14.5 Å². The minimum Gasteiger partial charge on any atom is -0.374 e. The van der Waals surface area contributed by atoms with Crippen molar-refractivity contribution in [2.24, 2.45) is 5.92 Å². The fourth-order valence-electron chi connectivity index (χ4n) is 5.16. The van der Waals surface area contributed by atoms with E-state index in [1.54, 1.807) is 0 Å². The molecule has 2 amide bonds. The molecule has 1 aromatic carbocycles. The largest absolute Gasteiger partial charge is 0.374 e. The second-order valence-corrected chi connectivity index (χ2v) is 8.71. The van der Waals surface area contributed by atoms with Crippen molar-refractivity contribution in [1.29, 1.82) is 0 Å². The third kappa shape index (κ3) is 2.46. The van der Waals surface area contributed by atoms with Gasteiger partial charge in [0.05, 0.1) is 5.92 Å². The van der Waals surface area contributed by atoms with Gasteiger partial charge >= 0.3 is 0 Å². The van der Waals surface area contributed by atoms with Crippen molar-refractivity contribution in [2.75, 3.05) is 24.1 Å². The molecule has 28 heavy (non-hydrogen) atoms. The van der Waals surface area contributed by atoms with Crippen LogP contribution in [0.15, 0.2) is 24.3 Å². The summed E-state index contributed by atoms with van der Waals surface area (Å²) in [6.07, 6.45) is 3.38. The Balaban J connectivity index is 1.42. The number of nitrogens with two attached hydrogens (primary N) is 1. The maximum Gasteiger partial charge on any atom is 0.250 e. The summed E-state index contributed by atoms with van der Waals surface area (Å²) in [5, 5.41) is 15.1. The molecule has 2 saturated heterocycles. The Hall–Kier alpha value is -2.52. The molecule has 8 nitrogen and oxygen atoms in total. The third-order valence-corrected chi connectivity index (χ3v) is 7.02. The van der Waals surface area contributed by atoms with E-state index in [1.807, 2.05) is 24.3 Å². The number of para-hydroxylation sites is 1. The first-order chi connectivity index (χ1) is 13.6. The van der Waals surface area contributed by atoms with E-state index >= 15 is 0 Å². The summed E-state index contributed by atoms with van der Waals surface area (Å²) in [5.41, 5.74) is 6.47. The number of carbonyl (C=O) groups is 2. The summed E-state index contributed by atoms with van der Waals surface area (Å²) in [7, 11) is 0. The number of rotatable bonds is 4. The highest BCUT2D eigenvalue weighted by atomic mass is 32.1. The lowest BCUT2D eigenvalue weighted by molar-refractivity contribution is -0.137. The highest BCUT2D eigenvalue weighted by Gasteiger charge is 2.65. The highest BCUT2D eigenvalue weighted by Crippen LogP contribution is 2.55. The number of fused-ring (bicyclic) bond motifs is 4. The quantitative estimate of drug-likeness (QED) is 0.711. The molecule has 3 aliphatic heterocycles. The SMILES string of the molecule is Nc1nnc(CCNC(=O)[C@H]2C[C@H]3CCCN3[C@]23C(=O)Nc2ccccc23)s1. The molecule has 9 heteroatoms. The Bertz CT molecular complexity index is 946. The summed E-state index contributed by atoms with van der Waals surface area (Å²) in [4.78, 5) is 28.7. The van der Waals surface area contributed by atoms with E-state index in [9.17, 15) is 9.59 Å². The van der Waals surface area contributed by atoms with Crippen LogP contribution in [0.25, 0.3) is 0 Å². The average Bonchev–Trinajstić information content (AvgIpc) is 3.41. The normalized spacial score (nSPS) is 28.4. The Kier molecular flexibility index (Phi) is 4.09. The molecular formula is C19H22N6O2S. The first-order valence-corrected chi connectivity index (χ1v) is 10.5. The standard InChI is InChI=1S/C19H22N6O2S/c20-18-24-23-15(28-18)7-8-21-16(26)13-10-11-4-3-9-25(11)19(13)12-5-1-2-6-14(12)22-17(19)27/h1-2,5-6,11,13H,3-4,7-10H2,(H2,20,24)(H,21,26)(H,22,27)/t11-,13-,19+/m1/s1. The third-order valence-electron chi connectivity index (χ3n) is 6.21. The summed E-state index contributed by atoms with van der Waals surface area (Å²) in [6, 6.07) is 8.03. The number of hydrogen-bond donors (Lipinski definition) is 3. The zero-order chi connectivity index (χ0) is 19.3. The molecule has 5 rings (SSSR count). The summed E-state index contributed by atoms with van der Waals surface area (Å²) in [5.74, 6) is -0.546. The molecular weight excluding hydrogens is 376 g/mol. The molecule has 0 aliphatic carbocycles. The van der Waals surface area contributed by atoms with Gasteiger partial charge in [-0.25, -0.2) is 0 Å². The summed E-state index contributed by atoms with van der Waals surface area (Å²) < 4.78 is 0. The first-order valence-electron chi connectivity index (χ1n) is 9.64. The van der Waals surface area contributed by atoms with E-state index in [0.717, 1.165) is 35.6 Å². The highest BCUT2D eigenvalue weighted by molar-refractivity contribution is 7.15. The van der Waals surface area contributed by atoms with Gasteiger partial charge in [-0.15, -0.1) is 10.2 Å². The smallest absolute Gasteiger partial charge is 0.250 e. The number of nitrogens with one attached hydrogen (secondary N) is 2. The number of nitrogens with zero attached hydrogens (tertiary/aromatic N) is 3. The van der Waals surface area contributed by atoms with Crippen LogP contribution in [-0.4, -0.2) is 46.0 Å². The number of aromatic nitrogens is 2. The van der Waals surface area contributed by atoms with Crippen molar-refractivity contribution >= 4 is 34.0 Å². The number of anilines is 2. The number of hydrogen-bond acceptors (Lipinski definition) is 7. The van der Waals surface area contributed by atoms with Crippen LogP contribution in [0.4, 0.5) is 10.8 Å². The monoisotopic (exact) mass is 398 g/mol. The summed E-state index contributed by atoms with van der Waals surface area (Å²) >= 11 is 1.33. The zero-order valence-electron chi connectivity index (χ0n) is 15.4. The molecule has 2 aromatic rings. The van der Waals surface area contributed by atoms with Gasteiger partial charge in [-0.2, -0.15) is 0 Å². The van der Waals surface area contributed by atoms with Gasteiger partial charge in [0.15, 0.2) is 0 Å². The second kappa shape index (κ2) is 6.52. The maximum atomic E-state index is 13.2. The van der Waals surface area contributed by atoms with Crippen LogP contribution in [0.1, 0.15) is 29.8 Å². The molecule has 0 radical (unpaired) electrons. The minimum absolute atomic E-state index is 0.0706. The second-order valence-electron chi connectivity index (χ2n) is 7.62. The minimum atomic E-state index is -0.894. The van der Waals surface area contributed by atoms with Crippen molar-refractivity contribution in [1.82, 2.24) is 20.4 Å². The summed E-state index contributed by atoms with van der Waals surface area (Å²) in [6.45, 7) is 1.30. The number of benzene rings is 1. The van der Waals surface area contributed by atoms with E-state index in [1.165, 1.54) is 11.3 Å². The van der Waals surface area contributed by atoms with Crippen LogP contribution in [-0.2, 0) is 21.5 Å². The van der Waals surface area contributed by atoms with Crippen LogP contribution >= 0.6 is 11.3 Å². The molecule has 0 bridgehead atoms. The fourth-order valence-corrected chi connectivity index (χ4v) is 5.77. The molecule has 4 N–H and O–H groups in total. The lowest BCUT2D eigenvalue weighted by atomic mass is 9.78. The Labute approximate surface area is 166 Å². The van der Waals surface area contributed by atoms with Crippen LogP contribution in [0.3, 0.4) is 0 Å². The lowest BCUT2D eigenvalue weighted by Crippen LogP contribution is -2.54. The Morgan fingerprint density at radius 1 is 1.39 bits per heavy atom. The lowest BCUT2D eigenvalue weighted by Gasteiger charge is -2.36. The van der Waals surface area contributed by atoms with E-state index in [2.05, 4.69) is 25.7 Å². The van der Waals surface area contributed by atoms with Gasteiger partial charge < -0.3 is 16.4 Å². The molecule has 3 atom stereocenters. The van der Waals surface area contributed by atoms with Gasteiger partial charge in [-0.1, -0.05) is 29.5 Å². The molecule has 1 aromatic heterocycles. The van der Waals surface area contributed by atoms with Crippen molar-refractivity contribution < 1.29 is 9.59 Å². The van der Waals surface area contributed by atoms with E-state index in [-0.39, 0.29) is 17.9 Å². The van der Waals surface area contributed by atoms with Gasteiger partial charge in [0.1, 0.15) is 10.5 Å². The predicted octanol–water partition coefficient (Wildman–Crippen LogP) is 1.11. The van der Waals surface area contributed by atoms with Gasteiger partial charge in [-0.05, 0) is 31.9 Å². The van der Waals surface area contributed by atoms with Crippen LogP contribution in [0, 0.1) is 5.92 Å². The van der Waals surface area contributed by atoms with E-state index in [4.69, 9.17) is 5.73 Å². The van der Waals surface area contributed by atoms with E-state index < -0.39 is 11.5 Å². The zero-order valence-corrected chi connectivity index (χ0v) is 16.2. The predicted molar refractivity (Wildman–Crippen MR) is 106 cm³/mol. The van der Waals surface area contributed by atoms with Crippen molar-refractivity contribution in [3.8, 4) is 0 Å². The van der Waals surface area contributed by atoms with Gasteiger partial charge in [0.25, 0.3) is 0 Å². The van der Waals surface area contributed by atoms with Crippen molar-refractivity contribution in [3.63, 3.8) is 0 Å². The molecule has 146 valence electrons. The molecule has 3 aliphatic rings. The number of carbonyl (C=O) groups excluding carboxylic acids is 2. The molecule has 0 unspecified atom stereocenters. The van der Waals surface area contributed by atoms with Crippen LogP contribution < -0.4 is 16.4 Å². The fraction of sp³-hybridized carbons (Fsp3) is 0.474. The Morgan fingerprint density at radius 2 is 2.25 bits per heavy atom. The van der Waals surface area contributed by atoms with Crippen molar-refractivity contribution in [3.05, 3.63) is 34.8 Å². The molecule has 4 heterocycles. The topological polar surface area (TPSA) is 113 Å². The molecule has 0 saturated carbocycles. The van der Waals surface area contributed by atoms with Crippen LogP contribution in [0.2, 0.25) is 0 Å². The Morgan fingerprint density at radius 3 is 3.07 bits per heavy atom. The van der Waals surface area contributed by atoms with Crippen LogP contribution in [0.5, 0.6) is 0 Å². The molecule has 2 fully saturated rings. The van der Waals surface area contributed by atoms with E-state index in [0.29, 0.717) is 24.5 Å². The average molecular weight is 398 g/mol. The number of nitrogen functional groups attached to an aromatic ring is 1. The first kappa shape index (κ1) is 17.6.